The number of hydrogen-bond donors (Lipinski definition) is 0. The summed E-state index contributed by atoms with van der Waals surface area (Å²) in [5.74, 6) is 0.544. The van der Waals surface area contributed by atoms with Crippen molar-refractivity contribution in [1.29, 1.82) is 0 Å². The molecule has 0 spiro atoms. The fraction of sp³-hybridized carbons (Fsp3) is 0.158. The van der Waals surface area contributed by atoms with Gasteiger partial charge in [0, 0.05) is 0 Å². The first-order valence-electron chi connectivity index (χ1n) is 6.84. The van der Waals surface area contributed by atoms with Gasteiger partial charge in [0.1, 0.15) is 0 Å². The van der Waals surface area contributed by atoms with E-state index in [9.17, 15) is 0 Å². The van der Waals surface area contributed by atoms with Crippen LogP contribution >= 0.6 is 0 Å². The van der Waals surface area contributed by atoms with Crippen LogP contribution in [0.1, 0.15) is 25.3 Å². The molecule has 0 aliphatic carbocycles. The summed E-state index contributed by atoms with van der Waals surface area (Å²) in [4.78, 5) is 0. The molecule has 0 heterocycles. The van der Waals surface area contributed by atoms with Gasteiger partial charge < -0.3 is 0 Å². The molecule has 0 bridgehead atoms. The molecule has 0 aliphatic rings. The molecular formula is C19H18. The van der Waals surface area contributed by atoms with E-state index in [1.165, 1.54) is 27.5 Å². The van der Waals surface area contributed by atoms with Crippen LogP contribution in [0.5, 0.6) is 0 Å². The van der Waals surface area contributed by atoms with Gasteiger partial charge in [-0.15, -0.1) is 0 Å². The fourth-order valence-corrected chi connectivity index (χ4v) is 2.62. The first-order valence-corrected chi connectivity index (χ1v) is 6.84. The molecule has 0 amide bonds. The highest BCUT2D eigenvalue weighted by atomic mass is 14.1. The molecule has 3 aromatic rings. The molecule has 0 saturated carbocycles. The van der Waals surface area contributed by atoms with Gasteiger partial charge in [-0.2, -0.15) is 0 Å². The molecule has 19 heavy (non-hydrogen) atoms. The number of benzene rings is 3. The Morgan fingerprint density at radius 2 is 1.37 bits per heavy atom. The van der Waals surface area contributed by atoms with Gasteiger partial charge in [-0.3, -0.25) is 0 Å². The van der Waals surface area contributed by atoms with Crippen molar-refractivity contribution in [3.8, 4) is 11.1 Å². The molecule has 3 rings (SSSR count). The summed E-state index contributed by atoms with van der Waals surface area (Å²) >= 11 is 0. The predicted octanol–water partition coefficient (Wildman–Crippen LogP) is 5.63. The van der Waals surface area contributed by atoms with Crippen molar-refractivity contribution < 1.29 is 0 Å². The van der Waals surface area contributed by atoms with E-state index in [-0.39, 0.29) is 0 Å². The molecule has 0 aromatic heterocycles. The van der Waals surface area contributed by atoms with Crippen LogP contribution in [0.3, 0.4) is 0 Å². The summed E-state index contributed by atoms with van der Waals surface area (Å²) in [7, 11) is 0. The minimum absolute atomic E-state index is 0.544. The second kappa shape index (κ2) is 4.89. The molecule has 0 heteroatoms. The number of hydrogen-bond acceptors (Lipinski definition) is 0. The van der Waals surface area contributed by atoms with E-state index in [0.29, 0.717) is 5.92 Å². The Morgan fingerprint density at radius 3 is 2.16 bits per heavy atom. The Balaban J connectivity index is 2.19. The first-order chi connectivity index (χ1) is 9.25. The van der Waals surface area contributed by atoms with Crippen molar-refractivity contribution in [2.75, 3.05) is 0 Å². The molecule has 0 N–H and O–H groups in total. The summed E-state index contributed by atoms with van der Waals surface area (Å²) in [6.45, 7) is 4.50. The molecule has 0 fully saturated rings. The maximum absolute atomic E-state index is 2.29. The van der Waals surface area contributed by atoms with Crippen LogP contribution in [0.4, 0.5) is 0 Å². The summed E-state index contributed by atoms with van der Waals surface area (Å²) in [6, 6.07) is 23.9. The highest BCUT2D eigenvalue weighted by molar-refractivity contribution is 5.87. The smallest absolute Gasteiger partial charge is 0.0149 e. The van der Waals surface area contributed by atoms with Crippen molar-refractivity contribution >= 4 is 10.8 Å². The Labute approximate surface area is 114 Å². The molecule has 0 atom stereocenters. The molecule has 0 unspecified atom stereocenters. The van der Waals surface area contributed by atoms with Crippen molar-refractivity contribution in [1.82, 2.24) is 0 Å². The van der Waals surface area contributed by atoms with Gasteiger partial charge in [-0.25, -0.2) is 0 Å². The lowest BCUT2D eigenvalue weighted by molar-refractivity contribution is 0.869. The minimum atomic E-state index is 0.544. The van der Waals surface area contributed by atoms with Gasteiger partial charge in [0.05, 0.1) is 0 Å². The standard InChI is InChI=1S/C19H18/c1-14(2)18-9-5-6-10-19(18)17-12-11-15-7-3-4-8-16(15)13-17/h3-14H,1-2H3. The topological polar surface area (TPSA) is 0 Å². The molecule has 0 saturated heterocycles. The second-order valence-corrected chi connectivity index (χ2v) is 5.30. The fourth-order valence-electron chi connectivity index (χ4n) is 2.62. The van der Waals surface area contributed by atoms with Crippen molar-refractivity contribution in [2.24, 2.45) is 0 Å². The largest absolute Gasteiger partial charge is 0.0619 e. The maximum atomic E-state index is 2.29. The van der Waals surface area contributed by atoms with Crippen LogP contribution in [0.15, 0.2) is 66.7 Å². The predicted molar refractivity (Wildman–Crippen MR) is 83.5 cm³/mol. The minimum Gasteiger partial charge on any atom is -0.0619 e. The molecule has 3 aromatic carbocycles. The van der Waals surface area contributed by atoms with Gasteiger partial charge in [0.2, 0.25) is 0 Å². The third kappa shape index (κ3) is 2.26. The summed E-state index contributed by atoms with van der Waals surface area (Å²) in [6.07, 6.45) is 0. The lowest BCUT2D eigenvalue weighted by Gasteiger charge is -2.13. The van der Waals surface area contributed by atoms with Gasteiger partial charge in [0.15, 0.2) is 0 Å². The molecule has 94 valence electrons. The zero-order chi connectivity index (χ0) is 13.2. The van der Waals surface area contributed by atoms with Crippen LogP contribution in [-0.2, 0) is 0 Å². The summed E-state index contributed by atoms with van der Waals surface area (Å²) in [5, 5.41) is 2.60. The Hall–Kier alpha value is -2.08. The SMILES string of the molecule is CC(C)c1ccccc1-c1ccc2ccccc2c1. The van der Waals surface area contributed by atoms with E-state index in [1.807, 2.05) is 0 Å². The quantitative estimate of drug-likeness (QED) is 0.549. The number of rotatable bonds is 2. The van der Waals surface area contributed by atoms with E-state index in [0.717, 1.165) is 0 Å². The zero-order valence-corrected chi connectivity index (χ0v) is 11.4. The lowest BCUT2D eigenvalue weighted by Crippen LogP contribution is -1.91. The van der Waals surface area contributed by atoms with Gasteiger partial charge in [-0.05, 0) is 39.4 Å². The van der Waals surface area contributed by atoms with Crippen molar-refractivity contribution in [3.63, 3.8) is 0 Å². The average molecular weight is 246 g/mol. The monoisotopic (exact) mass is 246 g/mol. The van der Waals surface area contributed by atoms with Gasteiger partial charge in [-0.1, -0.05) is 74.5 Å². The Morgan fingerprint density at radius 1 is 0.684 bits per heavy atom. The van der Waals surface area contributed by atoms with E-state index >= 15 is 0 Å². The van der Waals surface area contributed by atoms with Crippen LogP contribution < -0.4 is 0 Å². The van der Waals surface area contributed by atoms with E-state index in [1.54, 1.807) is 0 Å². The molecule has 0 nitrogen and oxygen atoms in total. The van der Waals surface area contributed by atoms with Crippen LogP contribution in [0.2, 0.25) is 0 Å². The zero-order valence-electron chi connectivity index (χ0n) is 11.4. The average Bonchev–Trinajstić information content (AvgIpc) is 2.46. The van der Waals surface area contributed by atoms with Crippen molar-refractivity contribution in [2.45, 2.75) is 19.8 Å². The van der Waals surface area contributed by atoms with Crippen molar-refractivity contribution in [3.05, 3.63) is 72.3 Å². The Bertz CT molecular complexity index is 708. The summed E-state index contributed by atoms with van der Waals surface area (Å²) in [5.41, 5.74) is 4.07. The number of fused-ring (bicyclic) bond motifs is 1. The van der Waals surface area contributed by atoms with E-state index in [4.69, 9.17) is 0 Å². The highest BCUT2D eigenvalue weighted by Gasteiger charge is 2.07. The normalized spacial score (nSPS) is 11.1. The molecule has 0 aliphatic heterocycles. The van der Waals surface area contributed by atoms with Crippen LogP contribution in [-0.4, -0.2) is 0 Å². The maximum Gasteiger partial charge on any atom is -0.0149 e. The third-order valence-electron chi connectivity index (χ3n) is 3.64. The Kier molecular flexibility index (Phi) is 3.08. The third-order valence-corrected chi connectivity index (χ3v) is 3.64. The molecule has 0 radical (unpaired) electrons. The lowest BCUT2D eigenvalue weighted by atomic mass is 9.92. The highest BCUT2D eigenvalue weighted by Crippen LogP contribution is 2.30. The molecular weight excluding hydrogens is 228 g/mol. The van der Waals surface area contributed by atoms with E-state index in [2.05, 4.69) is 80.6 Å². The first kappa shape index (κ1) is 12.0. The van der Waals surface area contributed by atoms with Gasteiger partial charge in [0.25, 0.3) is 0 Å². The summed E-state index contributed by atoms with van der Waals surface area (Å²) < 4.78 is 0. The second-order valence-electron chi connectivity index (χ2n) is 5.30. The van der Waals surface area contributed by atoms with Crippen LogP contribution in [0.25, 0.3) is 21.9 Å². The van der Waals surface area contributed by atoms with E-state index < -0.39 is 0 Å². The van der Waals surface area contributed by atoms with Crippen LogP contribution in [0, 0.1) is 0 Å². The van der Waals surface area contributed by atoms with Gasteiger partial charge >= 0.3 is 0 Å².